The zero-order chi connectivity index (χ0) is 20.4. The van der Waals surface area contributed by atoms with Crippen molar-refractivity contribution in [1.82, 2.24) is 9.97 Å². The predicted molar refractivity (Wildman–Crippen MR) is 115 cm³/mol. The lowest BCUT2D eigenvalue weighted by atomic mass is 10.1. The minimum atomic E-state index is -0.519. The molecule has 0 aliphatic carbocycles. The quantitative estimate of drug-likeness (QED) is 0.633. The molecule has 2 N–H and O–H groups in total. The van der Waals surface area contributed by atoms with Crippen LogP contribution < -0.4 is 15.5 Å². The smallest absolute Gasteiger partial charge is 0.298 e. The van der Waals surface area contributed by atoms with Crippen molar-refractivity contribution in [2.24, 2.45) is 5.73 Å². The molecule has 0 unspecified atom stereocenters. The molecule has 1 aliphatic rings. The zero-order valence-corrected chi connectivity index (χ0v) is 17.5. The van der Waals surface area contributed by atoms with Crippen LogP contribution in [0.25, 0.3) is 21.7 Å². The summed E-state index contributed by atoms with van der Waals surface area (Å²) in [7, 11) is 3.60. The van der Waals surface area contributed by atoms with Crippen molar-refractivity contribution in [3.63, 3.8) is 0 Å². The maximum Gasteiger partial charge on any atom is 0.298 e. The van der Waals surface area contributed by atoms with Gasteiger partial charge in [-0.25, -0.2) is 4.98 Å². The number of hydrogen-bond donors (Lipinski definition) is 1. The fourth-order valence-corrected chi connectivity index (χ4v) is 4.35. The number of piperidine rings is 1. The van der Waals surface area contributed by atoms with Gasteiger partial charge in [-0.05, 0) is 31.4 Å². The summed E-state index contributed by atoms with van der Waals surface area (Å²) < 4.78 is 11.2. The van der Waals surface area contributed by atoms with Gasteiger partial charge in [-0.15, -0.1) is 11.3 Å². The number of amides is 1. The molecule has 0 atom stereocenters. The Kier molecular flexibility index (Phi) is 5.68. The van der Waals surface area contributed by atoms with Gasteiger partial charge in [0.25, 0.3) is 11.9 Å². The SMILES string of the molecule is COCCN(C)c1nc2cc(N3CCCCC3)c(-c3nc(C(N)=O)cs3)cc2o1. The first-order valence-corrected chi connectivity index (χ1v) is 10.6. The van der Waals surface area contributed by atoms with E-state index in [4.69, 9.17) is 14.9 Å². The largest absolute Gasteiger partial charge is 0.423 e. The number of ether oxygens (including phenoxy) is 1. The number of fused-ring (bicyclic) bond motifs is 1. The standard InChI is InChI=1S/C20H25N5O3S/c1-24(8-9-27-2)20-23-14-11-16(25-6-4-3-5-7-25)13(10-17(14)28-20)19-22-15(12-29-19)18(21)26/h10-12H,3-9H2,1-2H3,(H2,21,26). The maximum atomic E-state index is 11.5. The lowest BCUT2D eigenvalue weighted by Crippen LogP contribution is -2.29. The Balaban J connectivity index is 1.78. The summed E-state index contributed by atoms with van der Waals surface area (Å²) in [6.07, 6.45) is 3.56. The van der Waals surface area contributed by atoms with E-state index in [1.165, 1.54) is 17.8 Å². The number of primary amides is 1. The van der Waals surface area contributed by atoms with Gasteiger partial charge in [-0.1, -0.05) is 0 Å². The number of aromatic nitrogens is 2. The highest BCUT2D eigenvalue weighted by atomic mass is 32.1. The van der Waals surface area contributed by atoms with Crippen LogP contribution in [0.3, 0.4) is 0 Å². The molecular weight excluding hydrogens is 390 g/mol. The van der Waals surface area contributed by atoms with E-state index in [9.17, 15) is 4.79 Å². The third-order valence-corrected chi connectivity index (χ3v) is 6.01. The first kappa shape index (κ1) is 19.7. The number of oxazole rings is 1. The number of nitrogens with zero attached hydrogens (tertiary/aromatic N) is 4. The molecule has 0 spiro atoms. The Labute approximate surface area is 173 Å². The lowest BCUT2D eigenvalue weighted by molar-refractivity contribution is 0.0996. The summed E-state index contributed by atoms with van der Waals surface area (Å²) in [5.41, 5.74) is 9.20. The number of benzene rings is 1. The monoisotopic (exact) mass is 415 g/mol. The van der Waals surface area contributed by atoms with E-state index in [0.717, 1.165) is 47.7 Å². The van der Waals surface area contributed by atoms with Crippen LogP contribution in [-0.2, 0) is 4.74 Å². The summed E-state index contributed by atoms with van der Waals surface area (Å²) in [5.74, 6) is -0.519. The highest BCUT2D eigenvalue weighted by Crippen LogP contribution is 2.38. The topological polar surface area (TPSA) is 97.7 Å². The second kappa shape index (κ2) is 8.38. The molecule has 29 heavy (non-hydrogen) atoms. The highest BCUT2D eigenvalue weighted by Gasteiger charge is 2.22. The maximum absolute atomic E-state index is 11.5. The van der Waals surface area contributed by atoms with Crippen LogP contribution in [0.4, 0.5) is 11.7 Å². The highest BCUT2D eigenvalue weighted by molar-refractivity contribution is 7.13. The Hall–Kier alpha value is -2.65. The molecule has 154 valence electrons. The van der Waals surface area contributed by atoms with Gasteiger partial charge in [-0.3, -0.25) is 4.79 Å². The van der Waals surface area contributed by atoms with Crippen LogP contribution in [0.5, 0.6) is 0 Å². The molecule has 0 bridgehead atoms. The molecule has 1 aromatic carbocycles. The van der Waals surface area contributed by atoms with Gasteiger partial charge < -0.3 is 24.7 Å². The molecule has 3 heterocycles. The van der Waals surface area contributed by atoms with Gasteiger partial charge in [-0.2, -0.15) is 4.98 Å². The normalized spacial score (nSPS) is 14.5. The number of hydrogen-bond acceptors (Lipinski definition) is 8. The Morgan fingerprint density at radius 3 is 2.79 bits per heavy atom. The fraction of sp³-hybridized carbons (Fsp3) is 0.450. The van der Waals surface area contributed by atoms with Gasteiger partial charge in [0.1, 0.15) is 16.2 Å². The molecule has 2 aromatic heterocycles. The fourth-order valence-electron chi connectivity index (χ4n) is 3.52. The first-order chi connectivity index (χ1) is 14.1. The number of likely N-dealkylation sites (N-methyl/N-ethyl adjacent to an activating group) is 1. The summed E-state index contributed by atoms with van der Waals surface area (Å²) in [5, 5.41) is 2.46. The molecule has 0 radical (unpaired) electrons. The summed E-state index contributed by atoms with van der Waals surface area (Å²) in [6, 6.07) is 4.60. The van der Waals surface area contributed by atoms with Crippen molar-refractivity contribution in [3.05, 3.63) is 23.2 Å². The number of carbonyl (C=O) groups excluding carboxylic acids is 1. The lowest BCUT2D eigenvalue weighted by Gasteiger charge is -2.30. The molecule has 1 amide bonds. The van der Waals surface area contributed by atoms with Gasteiger partial charge in [0.2, 0.25) is 0 Å². The molecule has 1 saturated heterocycles. The average molecular weight is 416 g/mol. The van der Waals surface area contributed by atoms with E-state index in [2.05, 4.69) is 20.9 Å². The van der Waals surface area contributed by atoms with Crippen molar-refractivity contribution in [2.75, 3.05) is 50.2 Å². The summed E-state index contributed by atoms with van der Waals surface area (Å²) in [4.78, 5) is 24.9. The van der Waals surface area contributed by atoms with E-state index in [1.54, 1.807) is 12.5 Å². The van der Waals surface area contributed by atoms with Gasteiger partial charge in [0.15, 0.2) is 5.58 Å². The third kappa shape index (κ3) is 4.06. The van der Waals surface area contributed by atoms with Crippen LogP contribution in [-0.4, -0.2) is 56.3 Å². The summed E-state index contributed by atoms with van der Waals surface area (Å²) >= 11 is 1.41. The van der Waals surface area contributed by atoms with Crippen molar-refractivity contribution in [3.8, 4) is 10.6 Å². The van der Waals surface area contributed by atoms with Crippen molar-refractivity contribution < 1.29 is 13.9 Å². The van der Waals surface area contributed by atoms with Crippen LogP contribution >= 0.6 is 11.3 Å². The molecular formula is C20H25N5O3S. The van der Waals surface area contributed by atoms with E-state index >= 15 is 0 Å². The van der Waals surface area contributed by atoms with Crippen LogP contribution in [0.2, 0.25) is 0 Å². The number of nitrogens with two attached hydrogens (primary N) is 1. The Bertz CT molecular complexity index is 1010. The molecule has 3 aromatic rings. The predicted octanol–water partition coefficient (Wildman–Crippen LogP) is 3.12. The van der Waals surface area contributed by atoms with Crippen LogP contribution in [0, 0.1) is 0 Å². The van der Waals surface area contributed by atoms with E-state index in [0.29, 0.717) is 24.7 Å². The molecule has 4 rings (SSSR count). The summed E-state index contributed by atoms with van der Waals surface area (Å²) in [6.45, 7) is 3.26. The number of methoxy groups -OCH3 is 1. The Morgan fingerprint density at radius 1 is 1.31 bits per heavy atom. The van der Waals surface area contributed by atoms with Crippen LogP contribution in [0.15, 0.2) is 21.9 Å². The van der Waals surface area contributed by atoms with Gasteiger partial charge >= 0.3 is 0 Å². The molecule has 1 aliphatic heterocycles. The van der Waals surface area contributed by atoms with Crippen molar-refractivity contribution in [1.29, 1.82) is 0 Å². The first-order valence-electron chi connectivity index (χ1n) is 9.72. The zero-order valence-electron chi connectivity index (χ0n) is 16.7. The molecule has 1 fully saturated rings. The van der Waals surface area contributed by atoms with Crippen molar-refractivity contribution in [2.45, 2.75) is 19.3 Å². The second-order valence-corrected chi connectivity index (χ2v) is 8.06. The van der Waals surface area contributed by atoms with Gasteiger partial charge in [0.05, 0.1) is 6.61 Å². The van der Waals surface area contributed by atoms with Crippen LogP contribution in [0.1, 0.15) is 29.8 Å². The average Bonchev–Trinajstić information content (AvgIpc) is 3.38. The number of thiazole rings is 1. The van der Waals surface area contributed by atoms with E-state index in [-0.39, 0.29) is 5.69 Å². The van der Waals surface area contributed by atoms with Gasteiger partial charge in [0, 0.05) is 50.4 Å². The molecule has 8 nitrogen and oxygen atoms in total. The molecule has 0 saturated carbocycles. The minimum absolute atomic E-state index is 0.284. The van der Waals surface area contributed by atoms with E-state index < -0.39 is 5.91 Å². The minimum Gasteiger partial charge on any atom is -0.423 e. The number of carbonyl (C=O) groups is 1. The number of anilines is 2. The Morgan fingerprint density at radius 2 is 2.10 bits per heavy atom. The van der Waals surface area contributed by atoms with Crippen molar-refractivity contribution >= 4 is 40.0 Å². The number of rotatable bonds is 7. The third-order valence-electron chi connectivity index (χ3n) is 5.14. The molecule has 9 heteroatoms. The van der Waals surface area contributed by atoms with E-state index in [1.807, 2.05) is 18.0 Å². The second-order valence-electron chi connectivity index (χ2n) is 7.20.